The van der Waals surface area contributed by atoms with E-state index in [0.29, 0.717) is 0 Å². The molecule has 0 radical (unpaired) electrons. The summed E-state index contributed by atoms with van der Waals surface area (Å²) < 4.78 is 6.63. The van der Waals surface area contributed by atoms with E-state index in [4.69, 9.17) is 4.74 Å². The molecule has 0 N–H and O–H groups in total. The van der Waals surface area contributed by atoms with E-state index < -0.39 is 0 Å². The van der Waals surface area contributed by atoms with Crippen LogP contribution in [-0.2, 0) is 25.7 Å². The first-order valence-electron chi connectivity index (χ1n) is 11.4. The Kier molecular flexibility index (Phi) is 8.79. The molecule has 4 rings (SSSR count). The minimum atomic E-state index is 0.849. The van der Waals surface area contributed by atoms with E-state index in [1.807, 2.05) is 0 Å². The van der Waals surface area contributed by atoms with Crippen LogP contribution in [0.4, 0.5) is 0 Å². The fourth-order valence-corrected chi connectivity index (χ4v) is 4.94. The summed E-state index contributed by atoms with van der Waals surface area (Å²) in [6.45, 7) is 0. The van der Waals surface area contributed by atoms with Gasteiger partial charge in [-0.15, -0.1) is 0 Å². The maximum absolute atomic E-state index is 6.63. The summed E-state index contributed by atoms with van der Waals surface area (Å²) in [7, 11) is 0. The van der Waals surface area contributed by atoms with Crippen molar-refractivity contribution in [1.29, 1.82) is 0 Å². The molecule has 4 aromatic rings. The first-order valence-corrected chi connectivity index (χ1v) is 13.6. The van der Waals surface area contributed by atoms with Gasteiger partial charge in [-0.05, 0) is 58.4 Å². The number of hydrogen-bond acceptors (Lipinski definition) is 1. The summed E-state index contributed by atoms with van der Waals surface area (Å²) >= 11 is 7.15. The summed E-state index contributed by atoms with van der Waals surface area (Å²) in [5, 5.41) is 1.91. The molecular formula is C30H28Br2O. The van der Waals surface area contributed by atoms with Crippen molar-refractivity contribution in [2.24, 2.45) is 0 Å². The molecule has 0 aliphatic heterocycles. The summed E-state index contributed by atoms with van der Waals surface area (Å²) in [5.74, 6) is 1.86. The van der Waals surface area contributed by atoms with Gasteiger partial charge in [-0.1, -0.05) is 117 Å². The number of hydrogen-bond donors (Lipinski definition) is 0. The highest BCUT2D eigenvalue weighted by atomic mass is 79.9. The standard InChI is InChI=1S/C30H28Br2O/c31-17-15-25-11-13-29(27(21-25)19-23-7-3-1-4-8-23)33-30-14-12-26(16-18-32)22-28(30)20-24-9-5-2-6-10-24/h1-14,21-22H,15-20H2. The van der Waals surface area contributed by atoms with E-state index in [1.54, 1.807) is 0 Å². The van der Waals surface area contributed by atoms with Crippen molar-refractivity contribution >= 4 is 31.9 Å². The Bertz CT molecular complexity index is 1060. The van der Waals surface area contributed by atoms with Crippen molar-refractivity contribution in [1.82, 2.24) is 0 Å². The second-order valence-corrected chi connectivity index (χ2v) is 9.77. The van der Waals surface area contributed by atoms with E-state index in [9.17, 15) is 0 Å². The van der Waals surface area contributed by atoms with E-state index in [0.717, 1.165) is 47.8 Å². The Labute approximate surface area is 214 Å². The molecule has 0 amide bonds. The van der Waals surface area contributed by atoms with Crippen LogP contribution in [0, 0.1) is 0 Å². The molecule has 0 heterocycles. The van der Waals surface area contributed by atoms with Gasteiger partial charge in [0.25, 0.3) is 0 Å². The monoisotopic (exact) mass is 562 g/mol. The van der Waals surface area contributed by atoms with Crippen LogP contribution in [0.3, 0.4) is 0 Å². The van der Waals surface area contributed by atoms with Gasteiger partial charge in [0.05, 0.1) is 0 Å². The lowest BCUT2D eigenvalue weighted by Gasteiger charge is -2.17. The lowest BCUT2D eigenvalue weighted by atomic mass is 9.99. The third-order valence-corrected chi connectivity index (χ3v) is 6.50. The van der Waals surface area contributed by atoms with Crippen molar-refractivity contribution in [3.05, 3.63) is 130 Å². The minimum absolute atomic E-state index is 0.849. The average molecular weight is 564 g/mol. The molecule has 0 saturated carbocycles. The summed E-state index contributed by atoms with van der Waals surface area (Å²) in [4.78, 5) is 0. The van der Waals surface area contributed by atoms with Crippen LogP contribution < -0.4 is 4.74 Å². The van der Waals surface area contributed by atoms with Gasteiger partial charge in [-0.25, -0.2) is 0 Å². The molecule has 1 nitrogen and oxygen atoms in total. The van der Waals surface area contributed by atoms with Crippen molar-refractivity contribution in [3.63, 3.8) is 0 Å². The molecule has 4 aromatic carbocycles. The number of rotatable bonds is 10. The molecule has 0 saturated heterocycles. The molecule has 0 fully saturated rings. The van der Waals surface area contributed by atoms with Gasteiger partial charge in [0.1, 0.15) is 11.5 Å². The quantitative estimate of drug-likeness (QED) is 0.176. The smallest absolute Gasteiger partial charge is 0.130 e. The van der Waals surface area contributed by atoms with Gasteiger partial charge >= 0.3 is 0 Å². The second-order valence-electron chi connectivity index (χ2n) is 8.19. The van der Waals surface area contributed by atoms with Crippen LogP contribution >= 0.6 is 31.9 Å². The molecule has 0 unspecified atom stereocenters. The van der Waals surface area contributed by atoms with Gasteiger partial charge in [0.2, 0.25) is 0 Å². The van der Waals surface area contributed by atoms with Gasteiger partial charge in [-0.3, -0.25) is 0 Å². The van der Waals surface area contributed by atoms with Crippen LogP contribution in [0.25, 0.3) is 0 Å². The van der Waals surface area contributed by atoms with E-state index in [1.165, 1.54) is 33.4 Å². The average Bonchev–Trinajstić information content (AvgIpc) is 2.84. The zero-order valence-electron chi connectivity index (χ0n) is 18.6. The van der Waals surface area contributed by atoms with Crippen LogP contribution in [0.15, 0.2) is 97.1 Å². The fraction of sp³-hybridized carbons (Fsp3) is 0.200. The van der Waals surface area contributed by atoms with Crippen LogP contribution in [-0.4, -0.2) is 10.7 Å². The van der Waals surface area contributed by atoms with Gasteiger partial charge in [0.15, 0.2) is 0 Å². The Morgan fingerprint density at radius 3 is 1.30 bits per heavy atom. The number of ether oxygens (including phenoxy) is 1. The molecule has 0 aliphatic rings. The highest BCUT2D eigenvalue weighted by Crippen LogP contribution is 2.32. The highest BCUT2D eigenvalue weighted by Gasteiger charge is 2.12. The zero-order valence-corrected chi connectivity index (χ0v) is 21.8. The summed E-state index contributed by atoms with van der Waals surface area (Å²) in [5.41, 5.74) is 7.65. The van der Waals surface area contributed by atoms with Gasteiger partial charge in [-0.2, -0.15) is 0 Å². The first-order chi connectivity index (χ1) is 16.2. The third kappa shape index (κ3) is 6.82. The Morgan fingerprint density at radius 2 is 0.909 bits per heavy atom. The van der Waals surface area contributed by atoms with Crippen molar-refractivity contribution in [2.75, 3.05) is 10.7 Å². The third-order valence-electron chi connectivity index (χ3n) is 5.71. The molecule has 0 bridgehead atoms. The lowest BCUT2D eigenvalue weighted by Crippen LogP contribution is -2.00. The maximum Gasteiger partial charge on any atom is 0.130 e. The first kappa shape index (κ1) is 23.8. The Hall–Kier alpha value is -2.36. The van der Waals surface area contributed by atoms with Crippen molar-refractivity contribution < 1.29 is 4.74 Å². The fourth-order valence-electron chi connectivity index (χ4n) is 4.02. The number of alkyl halides is 2. The largest absolute Gasteiger partial charge is 0.457 e. The van der Waals surface area contributed by atoms with Gasteiger partial charge in [0, 0.05) is 23.5 Å². The van der Waals surface area contributed by atoms with Crippen LogP contribution in [0.5, 0.6) is 11.5 Å². The SMILES string of the molecule is BrCCc1ccc(Oc2ccc(CCBr)cc2Cc2ccccc2)c(Cc2ccccc2)c1. The lowest BCUT2D eigenvalue weighted by molar-refractivity contribution is 0.472. The summed E-state index contributed by atoms with van der Waals surface area (Å²) in [6, 6.07) is 34.4. The van der Waals surface area contributed by atoms with Crippen LogP contribution in [0.2, 0.25) is 0 Å². The molecule has 0 aromatic heterocycles. The number of halogens is 2. The van der Waals surface area contributed by atoms with E-state index in [2.05, 4.69) is 129 Å². The van der Waals surface area contributed by atoms with Crippen molar-refractivity contribution in [3.8, 4) is 11.5 Å². The van der Waals surface area contributed by atoms with E-state index >= 15 is 0 Å². The molecular weight excluding hydrogens is 536 g/mol. The number of aryl methyl sites for hydroxylation is 2. The molecule has 33 heavy (non-hydrogen) atoms. The normalized spacial score (nSPS) is 10.8. The molecule has 3 heteroatoms. The second kappa shape index (κ2) is 12.2. The predicted octanol–water partition coefficient (Wildman–Crippen LogP) is 8.54. The van der Waals surface area contributed by atoms with Gasteiger partial charge < -0.3 is 4.74 Å². The number of benzene rings is 4. The highest BCUT2D eigenvalue weighted by molar-refractivity contribution is 9.09. The Balaban J connectivity index is 1.68. The maximum atomic E-state index is 6.63. The zero-order chi connectivity index (χ0) is 22.9. The van der Waals surface area contributed by atoms with E-state index in [-0.39, 0.29) is 0 Å². The molecule has 168 valence electrons. The molecule has 0 aliphatic carbocycles. The summed E-state index contributed by atoms with van der Waals surface area (Å²) in [6.07, 6.45) is 3.70. The molecule has 0 atom stereocenters. The predicted molar refractivity (Wildman–Crippen MR) is 146 cm³/mol. The van der Waals surface area contributed by atoms with Crippen LogP contribution in [0.1, 0.15) is 33.4 Å². The molecule has 0 spiro atoms. The Morgan fingerprint density at radius 1 is 0.485 bits per heavy atom. The minimum Gasteiger partial charge on any atom is -0.457 e. The van der Waals surface area contributed by atoms with Crippen molar-refractivity contribution in [2.45, 2.75) is 25.7 Å². The topological polar surface area (TPSA) is 9.23 Å².